The fraction of sp³-hybridized carbons (Fsp3) is 0.364. The Morgan fingerprint density at radius 2 is 2.07 bits per heavy atom. The average Bonchev–Trinajstić information content (AvgIpc) is 2.75. The predicted octanol–water partition coefficient (Wildman–Crippen LogP) is 3.17. The molecule has 0 bridgehead atoms. The lowest BCUT2D eigenvalue weighted by atomic mass is 10.0. The van der Waals surface area contributed by atoms with Crippen LogP contribution in [0.4, 0.5) is 5.82 Å². The molecule has 1 aromatic carbocycles. The Morgan fingerprint density at radius 1 is 1.27 bits per heavy atom. The van der Waals surface area contributed by atoms with Crippen LogP contribution in [0.1, 0.15) is 25.3 Å². The summed E-state index contributed by atoms with van der Waals surface area (Å²) in [6, 6.07) is 8.03. The van der Waals surface area contributed by atoms with Gasteiger partial charge in [0.05, 0.1) is 0 Å². The van der Waals surface area contributed by atoms with Crippen LogP contribution >= 0.6 is 0 Å². The number of likely N-dealkylation sites (tertiary alicyclic amines) is 1. The standard InChI is InChI=1S/C21H25N5O.CH2O2/c1-3-14-6-7-17(19(27)11-14)20-16-8-9-22-12-18(16)21(25-24-20)23-15-5-4-10-26(2)13-15;2-1-3/h6-9,11-12,15,27H,3-5,10,13H2,1-2H3,(H,23,25);1H,(H,2,3)/t15-;/m1./s1. The molecule has 158 valence electrons. The highest BCUT2D eigenvalue weighted by molar-refractivity contribution is 6.00. The molecular formula is C22H27N5O3. The number of rotatable bonds is 4. The lowest BCUT2D eigenvalue weighted by molar-refractivity contribution is -0.122. The monoisotopic (exact) mass is 409 g/mol. The van der Waals surface area contributed by atoms with Crippen LogP contribution < -0.4 is 5.32 Å². The first kappa shape index (κ1) is 21.4. The molecule has 0 radical (unpaired) electrons. The normalized spacial score (nSPS) is 16.5. The average molecular weight is 409 g/mol. The lowest BCUT2D eigenvalue weighted by Crippen LogP contribution is -2.40. The number of benzene rings is 1. The van der Waals surface area contributed by atoms with E-state index in [0.29, 0.717) is 17.3 Å². The Balaban J connectivity index is 0.000000806. The van der Waals surface area contributed by atoms with E-state index >= 15 is 0 Å². The van der Waals surface area contributed by atoms with Gasteiger partial charge in [-0.25, -0.2) is 0 Å². The Labute approximate surface area is 175 Å². The van der Waals surface area contributed by atoms with Gasteiger partial charge in [0.25, 0.3) is 6.47 Å². The molecule has 1 atom stereocenters. The fourth-order valence-electron chi connectivity index (χ4n) is 3.78. The smallest absolute Gasteiger partial charge is 0.290 e. The summed E-state index contributed by atoms with van der Waals surface area (Å²) in [5.41, 5.74) is 2.47. The van der Waals surface area contributed by atoms with Crippen molar-refractivity contribution in [3.05, 3.63) is 42.2 Å². The first-order chi connectivity index (χ1) is 14.6. The van der Waals surface area contributed by atoms with Crippen molar-refractivity contribution in [2.45, 2.75) is 32.2 Å². The first-order valence-electron chi connectivity index (χ1n) is 10.0. The number of aromatic nitrogens is 3. The zero-order chi connectivity index (χ0) is 21.5. The van der Waals surface area contributed by atoms with Crippen molar-refractivity contribution in [3.8, 4) is 17.0 Å². The van der Waals surface area contributed by atoms with Gasteiger partial charge in [0, 0.05) is 41.3 Å². The fourth-order valence-corrected chi connectivity index (χ4v) is 3.78. The summed E-state index contributed by atoms with van der Waals surface area (Å²) >= 11 is 0. The summed E-state index contributed by atoms with van der Waals surface area (Å²) in [4.78, 5) is 15.0. The van der Waals surface area contributed by atoms with Crippen LogP contribution in [-0.2, 0) is 11.2 Å². The highest BCUT2D eigenvalue weighted by atomic mass is 16.3. The number of phenols is 1. The van der Waals surface area contributed by atoms with Crippen LogP contribution in [0.5, 0.6) is 5.75 Å². The molecule has 2 aromatic heterocycles. The molecule has 0 aliphatic carbocycles. The number of piperidine rings is 1. The Hall–Kier alpha value is -3.26. The first-order valence-corrected chi connectivity index (χ1v) is 10.0. The highest BCUT2D eigenvalue weighted by Gasteiger charge is 2.20. The molecule has 1 aliphatic rings. The second kappa shape index (κ2) is 9.98. The third-order valence-corrected chi connectivity index (χ3v) is 5.27. The number of carboxylic acid groups (broad SMARTS) is 1. The minimum absolute atomic E-state index is 0.233. The topological polar surface area (TPSA) is 111 Å². The third kappa shape index (κ3) is 4.83. The number of fused-ring (bicyclic) bond motifs is 1. The Bertz CT molecular complexity index is 1010. The van der Waals surface area contributed by atoms with Crippen molar-refractivity contribution in [2.75, 3.05) is 25.5 Å². The van der Waals surface area contributed by atoms with Gasteiger partial charge in [0.2, 0.25) is 0 Å². The van der Waals surface area contributed by atoms with Gasteiger partial charge in [0.1, 0.15) is 11.4 Å². The number of nitrogens with zero attached hydrogens (tertiary/aromatic N) is 4. The maximum atomic E-state index is 10.5. The number of anilines is 1. The minimum atomic E-state index is -0.250. The molecule has 1 fully saturated rings. The molecule has 8 nitrogen and oxygen atoms in total. The maximum Gasteiger partial charge on any atom is 0.290 e. The van der Waals surface area contributed by atoms with E-state index in [4.69, 9.17) is 9.90 Å². The number of aryl methyl sites for hydroxylation is 1. The largest absolute Gasteiger partial charge is 0.507 e. The number of likely N-dealkylation sites (N-methyl/N-ethyl adjacent to an activating group) is 1. The summed E-state index contributed by atoms with van der Waals surface area (Å²) in [7, 11) is 2.14. The van der Waals surface area contributed by atoms with Gasteiger partial charge in [-0.05, 0) is 56.6 Å². The van der Waals surface area contributed by atoms with Gasteiger partial charge in [-0.1, -0.05) is 13.0 Å². The van der Waals surface area contributed by atoms with Crippen LogP contribution in [0.2, 0.25) is 0 Å². The predicted molar refractivity (Wildman–Crippen MR) is 117 cm³/mol. The van der Waals surface area contributed by atoms with E-state index in [1.165, 1.54) is 6.42 Å². The lowest BCUT2D eigenvalue weighted by Gasteiger charge is -2.30. The zero-order valence-electron chi connectivity index (χ0n) is 17.2. The van der Waals surface area contributed by atoms with E-state index in [-0.39, 0.29) is 12.2 Å². The molecule has 0 saturated carbocycles. The zero-order valence-corrected chi connectivity index (χ0v) is 17.2. The second-order valence-electron chi connectivity index (χ2n) is 7.37. The summed E-state index contributed by atoms with van der Waals surface area (Å²) in [5.74, 6) is 0.989. The quantitative estimate of drug-likeness (QED) is 0.564. The number of pyridine rings is 1. The number of phenolic OH excluding ortho intramolecular Hbond substituents is 1. The van der Waals surface area contributed by atoms with Crippen molar-refractivity contribution >= 4 is 23.1 Å². The number of hydrogen-bond donors (Lipinski definition) is 3. The van der Waals surface area contributed by atoms with Gasteiger partial charge < -0.3 is 20.4 Å². The highest BCUT2D eigenvalue weighted by Crippen LogP contribution is 2.35. The number of nitrogens with one attached hydrogen (secondary N) is 1. The number of aromatic hydroxyl groups is 1. The molecule has 1 saturated heterocycles. The third-order valence-electron chi connectivity index (χ3n) is 5.27. The molecule has 8 heteroatoms. The van der Waals surface area contributed by atoms with Crippen LogP contribution in [0.15, 0.2) is 36.7 Å². The Kier molecular flexibility index (Phi) is 7.13. The van der Waals surface area contributed by atoms with Crippen molar-refractivity contribution in [1.82, 2.24) is 20.1 Å². The van der Waals surface area contributed by atoms with E-state index < -0.39 is 0 Å². The van der Waals surface area contributed by atoms with Gasteiger partial charge >= 0.3 is 0 Å². The summed E-state index contributed by atoms with van der Waals surface area (Å²) in [6.07, 6.45) is 6.74. The number of carbonyl (C=O) groups is 1. The second-order valence-corrected chi connectivity index (χ2v) is 7.37. The van der Waals surface area contributed by atoms with E-state index in [2.05, 4.69) is 39.4 Å². The summed E-state index contributed by atoms with van der Waals surface area (Å²) < 4.78 is 0. The molecule has 0 unspecified atom stereocenters. The molecule has 3 N–H and O–H groups in total. The van der Waals surface area contributed by atoms with Crippen molar-refractivity contribution in [2.24, 2.45) is 0 Å². The van der Waals surface area contributed by atoms with E-state index in [1.807, 2.05) is 24.4 Å². The van der Waals surface area contributed by atoms with E-state index in [9.17, 15) is 5.11 Å². The maximum absolute atomic E-state index is 10.5. The van der Waals surface area contributed by atoms with E-state index in [1.54, 1.807) is 12.3 Å². The molecule has 0 amide bonds. The molecule has 3 aromatic rings. The van der Waals surface area contributed by atoms with Crippen molar-refractivity contribution < 1.29 is 15.0 Å². The van der Waals surface area contributed by atoms with Crippen LogP contribution in [0.3, 0.4) is 0 Å². The van der Waals surface area contributed by atoms with Crippen molar-refractivity contribution in [1.29, 1.82) is 0 Å². The molecule has 0 spiro atoms. The van der Waals surface area contributed by atoms with Crippen LogP contribution in [0, 0.1) is 0 Å². The Morgan fingerprint density at radius 3 is 2.77 bits per heavy atom. The van der Waals surface area contributed by atoms with Gasteiger partial charge in [-0.15, -0.1) is 10.2 Å². The molecule has 4 rings (SSSR count). The molecule has 1 aliphatic heterocycles. The van der Waals surface area contributed by atoms with Gasteiger partial charge in [-0.3, -0.25) is 9.78 Å². The SMILES string of the molecule is CCc1ccc(-c2nnc(N[C@@H]3CCCN(C)C3)c3cnccc23)c(O)c1.O=CO. The summed E-state index contributed by atoms with van der Waals surface area (Å²) in [5, 5.41) is 31.7. The molecule has 3 heterocycles. The van der Waals surface area contributed by atoms with Gasteiger partial charge in [0.15, 0.2) is 5.82 Å². The number of hydrogen-bond acceptors (Lipinski definition) is 7. The summed E-state index contributed by atoms with van der Waals surface area (Å²) in [6.45, 7) is 3.95. The van der Waals surface area contributed by atoms with Crippen molar-refractivity contribution in [3.63, 3.8) is 0 Å². The van der Waals surface area contributed by atoms with Crippen LogP contribution in [0.25, 0.3) is 22.0 Å². The van der Waals surface area contributed by atoms with Gasteiger partial charge in [-0.2, -0.15) is 0 Å². The van der Waals surface area contributed by atoms with Crippen LogP contribution in [-0.4, -0.2) is 62.9 Å². The minimum Gasteiger partial charge on any atom is -0.507 e. The molecular weight excluding hydrogens is 382 g/mol. The van der Waals surface area contributed by atoms with E-state index in [0.717, 1.165) is 48.1 Å². The molecule has 30 heavy (non-hydrogen) atoms.